The summed E-state index contributed by atoms with van der Waals surface area (Å²) in [5.74, 6) is -0.834. The third-order valence-corrected chi connectivity index (χ3v) is 4.29. The number of halogens is 1. The number of carboxylic acids is 1. The Morgan fingerprint density at radius 3 is 2.67 bits per heavy atom. The Morgan fingerprint density at radius 2 is 2.11 bits per heavy atom. The molecule has 1 N–H and O–H groups in total. The van der Waals surface area contributed by atoms with Gasteiger partial charge in [-0.1, -0.05) is 35.0 Å². The van der Waals surface area contributed by atoms with Gasteiger partial charge in [0.2, 0.25) is 0 Å². The van der Waals surface area contributed by atoms with Gasteiger partial charge in [0, 0.05) is 11.0 Å². The van der Waals surface area contributed by atoms with Crippen molar-refractivity contribution < 1.29 is 9.90 Å². The fourth-order valence-electron chi connectivity index (χ4n) is 2.67. The minimum absolute atomic E-state index is 0.137. The van der Waals surface area contributed by atoms with Gasteiger partial charge in [-0.3, -0.25) is 4.79 Å². The predicted molar refractivity (Wildman–Crippen MR) is 74.7 cm³/mol. The molecule has 1 aliphatic heterocycles. The number of benzene rings is 1. The van der Waals surface area contributed by atoms with Crippen molar-refractivity contribution in [1.29, 1.82) is 0 Å². The minimum Gasteiger partial charge on any atom is -0.481 e. The van der Waals surface area contributed by atoms with Gasteiger partial charge in [0.25, 0.3) is 0 Å². The van der Waals surface area contributed by atoms with Gasteiger partial charge >= 0.3 is 5.97 Å². The van der Waals surface area contributed by atoms with Crippen LogP contribution in [0.5, 0.6) is 0 Å². The number of hydrogen-bond acceptors (Lipinski definition) is 2. The number of piperidine rings is 1. The SMILES string of the molecule is CCN1CC[C@H](c2ccc(Br)cc2)[C@H](C(=O)O)C1. The van der Waals surface area contributed by atoms with Gasteiger partial charge in [-0.05, 0) is 43.1 Å². The molecule has 1 aliphatic rings. The summed E-state index contributed by atoms with van der Waals surface area (Å²) in [7, 11) is 0. The second-order valence-electron chi connectivity index (χ2n) is 4.78. The highest BCUT2D eigenvalue weighted by molar-refractivity contribution is 9.10. The Balaban J connectivity index is 2.20. The molecule has 1 heterocycles. The van der Waals surface area contributed by atoms with E-state index in [0.717, 1.165) is 29.5 Å². The molecule has 0 unspecified atom stereocenters. The molecule has 0 saturated carbocycles. The molecule has 0 aliphatic carbocycles. The highest BCUT2D eigenvalue weighted by atomic mass is 79.9. The third kappa shape index (κ3) is 2.93. The maximum Gasteiger partial charge on any atom is 0.308 e. The van der Waals surface area contributed by atoms with Crippen molar-refractivity contribution >= 4 is 21.9 Å². The van der Waals surface area contributed by atoms with E-state index in [-0.39, 0.29) is 11.8 Å². The van der Waals surface area contributed by atoms with Crippen LogP contribution in [0.1, 0.15) is 24.8 Å². The Hall–Kier alpha value is -0.870. The van der Waals surface area contributed by atoms with E-state index in [4.69, 9.17) is 0 Å². The fraction of sp³-hybridized carbons (Fsp3) is 0.500. The molecular formula is C14H18BrNO2. The average Bonchev–Trinajstić information content (AvgIpc) is 2.39. The Bertz CT molecular complexity index is 418. The summed E-state index contributed by atoms with van der Waals surface area (Å²) in [6.07, 6.45) is 0.923. The van der Waals surface area contributed by atoms with Gasteiger partial charge in [0.05, 0.1) is 5.92 Å². The van der Waals surface area contributed by atoms with Gasteiger partial charge < -0.3 is 10.0 Å². The summed E-state index contributed by atoms with van der Waals surface area (Å²) in [6.45, 7) is 4.66. The predicted octanol–water partition coefficient (Wildman–Crippen LogP) is 2.96. The number of aliphatic carboxylic acids is 1. The maximum absolute atomic E-state index is 11.4. The Labute approximate surface area is 116 Å². The molecule has 2 rings (SSSR count). The monoisotopic (exact) mass is 311 g/mol. The number of likely N-dealkylation sites (tertiary alicyclic amines) is 1. The van der Waals surface area contributed by atoms with Gasteiger partial charge in [-0.25, -0.2) is 0 Å². The molecule has 3 nitrogen and oxygen atoms in total. The molecule has 0 aromatic heterocycles. The molecule has 4 heteroatoms. The zero-order valence-electron chi connectivity index (χ0n) is 10.5. The summed E-state index contributed by atoms with van der Waals surface area (Å²) in [5, 5.41) is 9.40. The van der Waals surface area contributed by atoms with Crippen LogP contribution in [-0.4, -0.2) is 35.6 Å². The number of nitrogens with zero attached hydrogens (tertiary/aromatic N) is 1. The quantitative estimate of drug-likeness (QED) is 0.933. The first-order valence-electron chi connectivity index (χ1n) is 6.32. The van der Waals surface area contributed by atoms with E-state index < -0.39 is 5.97 Å². The summed E-state index contributed by atoms with van der Waals surface area (Å²) < 4.78 is 1.03. The topological polar surface area (TPSA) is 40.5 Å². The second kappa shape index (κ2) is 5.85. The first-order chi connectivity index (χ1) is 8.61. The lowest BCUT2D eigenvalue weighted by Gasteiger charge is -2.36. The molecule has 1 aromatic rings. The van der Waals surface area contributed by atoms with Gasteiger partial charge in [0.1, 0.15) is 0 Å². The van der Waals surface area contributed by atoms with Gasteiger partial charge in [0.15, 0.2) is 0 Å². The molecule has 1 fully saturated rings. The van der Waals surface area contributed by atoms with E-state index in [9.17, 15) is 9.90 Å². The smallest absolute Gasteiger partial charge is 0.308 e. The van der Waals surface area contributed by atoms with Crippen LogP contribution in [0.15, 0.2) is 28.7 Å². The van der Waals surface area contributed by atoms with Crippen molar-refractivity contribution in [3.63, 3.8) is 0 Å². The number of carboxylic acid groups (broad SMARTS) is 1. The van der Waals surface area contributed by atoms with Crippen molar-refractivity contribution in [2.45, 2.75) is 19.3 Å². The largest absolute Gasteiger partial charge is 0.481 e. The van der Waals surface area contributed by atoms with Gasteiger partial charge in [-0.15, -0.1) is 0 Å². The van der Waals surface area contributed by atoms with Crippen LogP contribution >= 0.6 is 15.9 Å². The van der Waals surface area contributed by atoms with E-state index in [1.807, 2.05) is 24.3 Å². The van der Waals surface area contributed by atoms with E-state index in [1.54, 1.807) is 0 Å². The first-order valence-corrected chi connectivity index (χ1v) is 7.11. The molecule has 98 valence electrons. The molecule has 0 bridgehead atoms. The van der Waals surface area contributed by atoms with Crippen LogP contribution < -0.4 is 0 Å². The summed E-state index contributed by atoms with van der Waals surface area (Å²) in [4.78, 5) is 13.6. The van der Waals surface area contributed by atoms with Crippen LogP contribution in [0.2, 0.25) is 0 Å². The number of hydrogen-bond donors (Lipinski definition) is 1. The molecule has 0 radical (unpaired) electrons. The lowest BCUT2D eigenvalue weighted by Crippen LogP contribution is -2.42. The summed E-state index contributed by atoms with van der Waals surface area (Å²) in [5.41, 5.74) is 1.14. The Kier molecular flexibility index (Phi) is 4.40. The normalized spacial score (nSPS) is 25.0. The molecule has 1 saturated heterocycles. The highest BCUT2D eigenvalue weighted by Crippen LogP contribution is 2.33. The van der Waals surface area contributed by atoms with Crippen LogP contribution in [0.3, 0.4) is 0 Å². The van der Waals surface area contributed by atoms with E-state index in [1.165, 1.54) is 0 Å². The third-order valence-electron chi connectivity index (χ3n) is 3.76. The average molecular weight is 312 g/mol. The van der Waals surface area contributed by atoms with E-state index in [2.05, 4.69) is 27.8 Å². The van der Waals surface area contributed by atoms with Crippen LogP contribution in [0, 0.1) is 5.92 Å². The maximum atomic E-state index is 11.4. The van der Waals surface area contributed by atoms with E-state index >= 15 is 0 Å². The molecule has 1 aromatic carbocycles. The number of rotatable bonds is 3. The van der Waals surface area contributed by atoms with Crippen molar-refractivity contribution in [3.05, 3.63) is 34.3 Å². The summed E-state index contributed by atoms with van der Waals surface area (Å²) in [6, 6.07) is 8.04. The second-order valence-corrected chi connectivity index (χ2v) is 5.70. The molecule has 0 spiro atoms. The Morgan fingerprint density at radius 1 is 1.44 bits per heavy atom. The van der Waals surface area contributed by atoms with Gasteiger partial charge in [-0.2, -0.15) is 0 Å². The van der Waals surface area contributed by atoms with E-state index in [0.29, 0.717) is 6.54 Å². The van der Waals surface area contributed by atoms with Crippen LogP contribution in [0.25, 0.3) is 0 Å². The zero-order valence-corrected chi connectivity index (χ0v) is 12.1. The fourth-order valence-corrected chi connectivity index (χ4v) is 2.93. The van der Waals surface area contributed by atoms with Crippen molar-refractivity contribution in [2.24, 2.45) is 5.92 Å². The van der Waals surface area contributed by atoms with Crippen LogP contribution in [0.4, 0.5) is 0 Å². The lowest BCUT2D eigenvalue weighted by molar-refractivity contribution is -0.144. The standard InChI is InChI=1S/C14H18BrNO2/c1-2-16-8-7-12(13(9-16)14(17)18)10-3-5-11(15)6-4-10/h3-6,12-13H,2,7-9H2,1H3,(H,17,18)/t12-,13-/m1/s1. The molecule has 18 heavy (non-hydrogen) atoms. The molecule has 2 atom stereocenters. The van der Waals surface area contributed by atoms with Crippen molar-refractivity contribution in [3.8, 4) is 0 Å². The van der Waals surface area contributed by atoms with Crippen LogP contribution in [-0.2, 0) is 4.79 Å². The lowest BCUT2D eigenvalue weighted by atomic mass is 9.80. The molecule has 0 amide bonds. The number of carbonyl (C=O) groups is 1. The minimum atomic E-state index is -0.680. The van der Waals surface area contributed by atoms with Crippen molar-refractivity contribution in [1.82, 2.24) is 4.90 Å². The van der Waals surface area contributed by atoms with Crippen molar-refractivity contribution in [2.75, 3.05) is 19.6 Å². The zero-order chi connectivity index (χ0) is 13.1. The molecular weight excluding hydrogens is 294 g/mol. The first kappa shape index (κ1) is 13.6. The highest BCUT2D eigenvalue weighted by Gasteiger charge is 2.34. The summed E-state index contributed by atoms with van der Waals surface area (Å²) >= 11 is 3.41.